The summed E-state index contributed by atoms with van der Waals surface area (Å²) < 4.78 is 4.70. The van der Waals surface area contributed by atoms with Gasteiger partial charge in [-0.25, -0.2) is 9.78 Å². The number of benzene rings is 1. The smallest absolute Gasteiger partial charge is 0.357 e. The molecule has 0 aliphatic carbocycles. The fourth-order valence-corrected chi connectivity index (χ4v) is 2.78. The molecule has 1 aromatic carbocycles. The maximum Gasteiger partial charge on any atom is 0.357 e. The Morgan fingerprint density at radius 2 is 2.05 bits per heavy atom. The number of hydrogen-bond acceptors (Lipinski definition) is 5. The largest absolute Gasteiger partial charge is 0.464 e. The van der Waals surface area contributed by atoms with Crippen LogP contribution in [0.3, 0.4) is 0 Å². The van der Waals surface area contributed by atoms with Crippen molar-refractivity contribution in [2.24, 2.45) is 0 Å². The van der Waals surface area contributed by atoms with Crippen molar-refractivity contribution in [3.63, 3.8) is 0 Å². The van der Waals surface area contributed by atoms with Crippen LogP contribution in [0.15, 0.2) is 24.3 Å². The quantitative estimate of drug-likeness (QED) is 0.865. The van der Waals surface area contributed by atoms with Gasteiger partial charge in [0.05, 0.1) is 13.2 Å². The lowest BCUT2D eigenvalue weighted by atomic mass is 10.1. The molecule has 0 fully saturated rings. The third-order valence-corrected chi connectivity index (χ3v) is 4.04. The molecule has 6 heteroatoms. The van der Waals surface area contributed by atoms with Crippen LogP contribution in [0.1, 0.15) is 33.9 Å². The number of ether oxygens (including phenoxy) is 1. The van der Waals surface area contributed by atoms with Crippen LogP contribution in [0, 0.1) is 6.92 Å². The van der Waals surface area contributed by atoms with E-state index in [0.29, 0.717) is 15.8 Å². The highest BCUT2D eigenvalue weighted by atomic mass is 35.5. The average Bonchev–Trinajstić information content (AvgIpc) is 2.79. The van der Waals surface area contributed by atoms with E-state index in [-0.39, 0.29) is 6.04 Å². The second-order valence-corrected chi connectivity index (χ2v) is 5.97. The number of hydrogen-bond donors (Lipinski definition) is 1. The second kappa shape index (κ2) is 6.24. The Hall–Kier alpha value is -1.59. The Morgan fingerprint density at radius 3 is 2.65 bits per heavy atom. The number of thiazole rings is 1. The van der Waals surface area contributed by atoms with E-state index in [2.05, 4.69) is 10.3 Å². The minimum absolute atomic E-state index is 0.0725. The van der Waals surface area contributed by atoms with Crippen molar-refractivity contribution < 1.29 is 9.53 Å². The predicted octanol–water partition coefficient (Wildman–Crippen LogP) is 4.06. The van der Waals surface area contributed by atoms with Crippen LogP contribution in [0.4, 0.5) is 5.13 Å². The van der Waals surface area contributed by atoms with E-state index >= 15 is 0 Å². The number of aryl methyl sites for hydroxylation is 1. The van der Waals surface area contributed by atoms with E-state index in [1.54, 1.807) is 0 Å². The minimum Gasteiger partial charge on any atom is -0.464 e. The van der Waals surface area contributed by atoms with E-state index in [1.807, 2.05) is 38.1 Å². The van der Waals surface area contributed by atoms with Crippen LogP contribution in [0.5, 0.6) is 0 Å². The highest BCUT2D eigenvalue weighted by Gasteiger charge is 2.17. The van der Waals surface area contributed by atoms with E-state index in [0.717, 1.165) is 10.4 Å². The second-order valence-electron chi connectivity index (χ2n) is 4.33. The van der Waals surface area contributed by atoms with Crippen molar-refractivity contribution in [2.75, 3.05) is 12.4 Å². The Labute approximate surface area is 126 Å². The summed E-state index contributed by atoms with van der Waals surface area (Å²) in [7, 11) is 1.35. The van der Waals surface area contributed by atoms with Gasteiger partial charge >= 0.3 is 5.97 Å². The summed E-state index contributed by atoms with van der Waals surface area (Å²) in [6.07, 6.45) is 0. The van der Waals surface area contributed by atoms with Crippen molar-refractivity contribution in [2.45, 2.75) is 19.9 Å². The van der Waals surface area contributed by atoms with E-state index in [1.165, 1.54) is 18.4 Å². The lowest BCUT2D eigenvalue weighted by Gasteiger charge is -2.13. The minimum atomic E-state index is -0.411. The molecular weight excluding hydrogens is 296 g/mol. The van der Waals surface area contributed by atoms with Gasteiger partial charge in [0.25, 0.3) is 0 Å². The molecule has 0 saturated carbocycles. The summed E-state index contributed by atoms with van der Waals surface area (Å²) >= 11 is 7.30. The molecule has 1 N–H and O–H groups in total. The lowest BCUT2D eigenvalue weighted by molar-refractivity contribution is 0.0594. The first-order valence-corrected chi connectivity index (χ1v) is 7.28. The summed E-state index contributed by atoms with van der Waals surface area (Å²) in [6, 6.07) is 7.69. The van der Waals surface area contributed by atoms with Crippen molar-refractivity contribution in [3.05, 3.63) is 45.4 Å². The van der Waals surface area contributed by atoms with Gasteiger partial charge in [-0.15, -0.1) is 11.3 Å². The molecule has 2 rings (SSSR count). The number of anilines is 1. The lowest BCUT2D eigenvalue weighted by Crippen LogP contribution is -2.07. The highest BCUT2D eigenvalue weighted by molar-refractivity contribution is 7.15. The van der Waals surface area contributed by atoms with Gasteiger partial charge in [-0.3, -0.25) is 0 Å². The van der Waals surface area contributed by atoms with Gasteiger partial charge in [0.2, 0.25) is 0 Å². The molecule has 0 aliphatic heterocycles. The summed E-state index contributed by atoms with van der Waals surface area (Å²) in [4.78, 5) is 16.6. The zero-order chi connectivity index (χ0) is 14.7. The molecule has 106 valence electrons. The van der Waals surface area contributed by atoms with Crippen molar-refractivity contribution in [1.82, 2.24) is 4.98 Å². The third-order valence-electron chi connectivity index (χ3n) is 2.89. The Kier molecular flexibility index (Phi) is 4.62. The van der Waals surface area contributed by atoms with Crippen LogP contribution in [-0.2, 0) is 4.74 Å². The molecule has 0 aliphatic rings. The van der Waals surface area contributed by atoms with E-state index in [9.17, 15) is 4.79 Å². The summed E-state index contributed by atoms with van der Waals surface area (Å²) in [5.41, 5.74) is 1.46. The topological polar surface area (TPSA) is 51.2 Å². The molecule has 0 spiro atoms. The first kappa shape index (κ1) is 14.8. The highest BCUT2D eigenvalue weighted by Crippen LogP contribution is 2.27. The molecule has 0 saturated heterocycles. The molecule has 0 bridgehead atoms. The third kappa shape index (κ3) is 3.29. The molecular formula is C14H15ClN2O2S. The monoisotopic (exact) mass is 310 g/mol. The Balaban J connectivity index is 2.13. The standard InChI is InChI=1S/C14H15ClN2O2S/c1-8(10-4-6-11(15)7-5-10)16-14-17-12(9(2)20-14)13(18)19-3/h4-8H,1-3H3,(H,16,17). The Morgan fingerprint density at radius 1 is 1.40 bits per heavy atom. The van der Waals surface area contributed by atoms with Gasteiger partial charge in [-0.1, -0.05) is 23.7 Å². The predicted molar refractivity (Wildman–Crippen MR) is 81.7 cm³/mol. The summed E-state index contributed by atoms with van der Waals surface area (Å²) in [5, 5.41) is 4.68. The summed E-state index contributed by atoms with van der Waals surface area (Å²) in [5.74, 6) is -0.411. The number of nitrogens with zero attached hydrogens (tertiary/aromatic N) is 1. The maximum atomic E-state index is 11.5. The van der Waals surface area contributed by atoms with Crippen LogP contribution in [0.25, 0.3) is 0 Å². The first-order chi connectivity index (χ1) is 9.51. The maximum absolute atomic E-state index is 11.5. The molecule has 1 heterocycles. The average molecular weight is 311 g/mol. The molecule has 1 atom stereocenters. The number of aromatic nitrogens is 1. The van der Waals surface area contributed by atoms with Crippen molar-refractivity contribution in [3.8, 4) is 0 Å². The molecule has 0 radical (unpaired) electrons. The van der Waals surface area contributed by atoms with Gasteiger partial charge in [-0.05, 0) is 31.5 Å². The number of esters is 1. The fourth-order valence-electron chi connectivity index (χ4n) is 1.76. The van der Waals surface area contributed by atoms with Gasteiger partial charge in [-0.2, -0.15) is 0 Å². The molecule has 4 nitrogen and oxygen atoms in total. The zero-order valence-electron chi connectivity index (χ0n) is 11.4. The van der Waals surface area contributed by atoms with Gasteiger partial charge < -0.3 is 10.1 Å². The number of carbonyl (C=O) groups excluding carboxylic acids is 1. The number of halogens is 1. The molecule has 20 heavy (non-hydrogen) atoms. The van der Waals surface area contributed by atoms with E-state index < -0.39 is 5.97 Å². The zero-order valence-corrected chi connectivity index (χ0v) is 13.0. The van der Waals surface area contributed by atoms with Gasteiger partial charge in [0, 0.05) is 9.90 Å². The number of nitrogens with one attached hydrogen (secondary N) is 1. The van der Waals surface area contributed by atoms with Crippen LogP contribution in [-0.4, -0.2) is 18.1 Å². The molecule has 1 unspecified atom stereocenters. The number of methoxy groups -OCH3 is 1. The van der Waals surface area contributed by atoms with Crippen molar-refractivity contribution in [1.29, 1.82) is 0 Å². The first-order valence-electron chi connectivity index (χ1n) is 6.09. The normalized spacial score (nSPS) is 12.0. The van der Waals surface area contributed by atoms with E-state index in [4.69, 9.17) is 16.3 Å². The molecule has 2 aromatic rings. The summed E-state index contributed by atoms with van der Waals surface area (Å²) in [6.45, 7) is 3.87. The molecule has 1 aromatic heterocycles. The van der Waals surface area contributed by atoms with Crippen molar-refractivity contribution >= 4 is 34.0 Å². The Bertz CT molecular complexity index is 610. The van der Waals surface area contributed by atoms with Crippen LogP contribution in [0.2, 0.25) is 5.02 Å². The molecule has 0 amide bonds. The SMILES string of the molecule is COC(=O)c1nc(NC(C)c2ccc(Cl)cc2)sc1C. The fraction of sp³-hybridized carbons (Fsp3) is 0.286. The van der Waals surface area contributed by atoms with Gasteiger partial charge in [0.1, 0.15) is 0 Å². The number of carbonyl (C=O) groups is 1. The van der Waals surface area contributed by atoms with Crippen LogP contribution >= 0.6 is 22.9 Å². The van der Waals surface area contributed by atoms with Crippen LogP contribution < -0.4 is 5.32 Å². The van der Waals surface area contributed by atoms with Gasteiger partial charge in [0.15, 0.2) is 10.8 Å². The number of rotatable bonds is 4.